The Morgan fingerprint density at radius 1 is 1.11 bits per heavy atom. The second-order valence-corrected chi connectivity index (χ2v) is 6.74. The van der Waals surface area contributed by atoms with Crippen LogP contribution in [0, 0.1) is 6.92 Å². The van der Waals surface area contributed by atoms with E-state index in [0.29, 0.717) is 23.4 Å². The van der Waals surface area contributed by atoms with Crippen LogP contribution in [0.4, 0.5) is 5.69 Å². The standard InChI is InChI=1S/C20H21N3O4S/c1-3-25-16-10-8-15(9-11-16)21-18(24)13-28-20-23-22-19(27-20)12-26-17-7-5-4-6-14(17)2/h4-11H,3,12-13H2,1-2H3,(H,21,24). The van der Waals surface area contributed by atoms with Crippen molar-refractivity contribution in [2.75, 3.05) is 17.7 Å². The molecule has 0 bridgehead atoms. The van der Waals surface area contributed by atoms with Crippen molar-refractivity contribution in [2.45, 2.75) is 25.7 Å². The molecule has 0 fully saturated rings. The molecule has 0 aliphatic rings. The first-order valence-electron chi connectivity index (χ1n) is 8.80. The lowest BCUT2D eigenvalue weighted by molar-refractivity contribution is -0.113. The molecule has 146 valence electrons. The number of carbonyl (C=O) groups excluding carboxylic acids is 1. The van der Waals surface area contributed by atoms with E-state index in [4.69, 9.17) is 13.9 Å². The molecule has 0 aliphatic heterocycles. The fourth-order valence-electron chi connectivity index (χ4n) is 2.34. The summed E-state index contributed by atoms with van der Waals surface area (Å²) < 4.78 is 16.6. The number of aryl methyl sites for hydroxylation is 1. The summed E-state index contributed by atoms with van der Waals surface area (Å²) in [6, 6.07) is 14.9. The van der Waals surface area contributed by atoms with Gasteiger partial charge in [0.1, 0.15) is 11.5 Å². The van der Waals surface area contributed by atoms with Crippen molar-refractivity contribution in [3.63, 3.8) is 0 Å². The number of rotatable bonds is 9. The largest absolute Gasteiger partial charge is 0.494 e. The highest BCUT2D eigenvalue weighted by Gasteiger charge is 2.11. The number of thioether (sulfide) groups is 1. The summed E-state index contributed by atoms with van der Waals surface area (Å²) in [4.78, 5) is 12.1. The van der Waals surface area contributed by atoms with Crippen LogP contribution in [-0.4, -0.2) is 28.5 Å². The quantitative estimate of drug-likeness (QED) is 0.542. The Hall–Kier alpha value is -3.00. The number of para-hydroxylation sites is 1. The monoisotopic (exact) mass is 399 g/mol. The number of hydrogen-bond donors (Lipinski definition) is 1. The number of amides is 1. The van der Waals surface area contributed by atoms with Crippen molar-refractivity contribution < 1.29 is 18.7 Å². The van der Waals surface area contributed by atoms with Crippen molar-refractivity contribution in [2.24, 2.45) is 0 Å². The molecule has 7 nitrogen and oxygen atoms in total. The predicted octanol–water partition coefficient (Wildman–Crippen LogP) is 4.09. The number of nitrogens with one attached hydrogen (secondary N) is 1. The van der Waals surface area contributed by atoms with E-state index in [1.165, 1.54) is 11.8 Å². The average Bonchev–Trinajstić information content (AvgIpc) is 3.15. The second kappa shape index (κ2) is 9.80. The SMILES string of the molecule is CCOc1ccc(NC(=O)CSc2nnc(COc3ccccc3C)o2)cc1. The third-order valence-corrected chi connectivity index (χ3v) is 4.49. The van der Waals surface area contributed by atoms with Crippen LogP contribution in [0.3, 0.4) is 0 Å². The summed E-state index contributed by atoms with van der Waals surface area (Å²) >= 11 is 1.17. The molecule has 2 aromatic carbocycles. The topological polar surface area (TPSA) is 86.5 Å². The van der Waals surface area contributed by atoms with Gasteiger partial charge >= 0.3 is 0 Å². The van der Waals surface area contributed by atoms with Gasteiger partial charge in [0.15, 0.2) is 6.61 Å². The Balaban J connectivity index is 1.44. The number of aromatic nitrogens is 2. The normalized spacial score (nSPS) is 10.5. The number of ether oxygens (including phenoxy) is 2. The van der Waals surface area contributed by atoms with Crippen molar-refractivity contribution in [1.29, 1.82) is 0 Å². The van der Waals surface area contributed by atoms with E-state index >= 15 is 0 Å². The third-order valence-electron chi connectivity index (χ3n) is 3.67. The molecule has 0 radical (unpaired) electrons. The summed E-state index contributed by atoms with van der Waals surface area (Å²) in [7, 11) is 0. The van der Waals surface area contributed by atoms with Gasteiger partial charge in [-0.1, -0.05) is 30.0 Å². The third kappa shape index (κ3) is 5.75. The van der Waals surface area contributed by atoms with Crippen LogP contribution in [0.25, 0.3) is 0 Å². The van der Waals surface area contributed by atoms with Gasteiger partial charge in [-0.2, -0.15) is 0 Å². The van der Waals surface area contributed by atoms with Crippen molar-refractivity contribution >= 4 is 23.4 Å². The van der Waals surface area contributed by atoms with Crippen LogP contribution in [0.2, 0.25) is 0 Å². The number of benzene rings is 2. The van der Waals surface area contributed by atoms with Crippen LogP contribution in [0.15, 0.2) is 58.2 Å². The van der Waals surface area contributed by atoms with E-state index in [0.717, 1.165) is 17.1 Å². The number of carbonyl (C=O) groups is 1. The molecule has 1 aromatic heterocycles. The molecule has 1 N–H and O–H groups in total. The van der Waals surface area contributed by atoms with E-state index in [-0.39, 0.29) is 18.3 Å². The second-order valence-electron chi connectivity index (χ2n) is 5.81. The molecule has 3 rings (SSSR count). The fourth-order valence-corrected chi connectivity index (χ4v) is 2.92. The first-order valence-corrected chi connectivity index (χ1v) is 9.79. The van der Waals surface area contributed by atoms with Crippen molar-refractivity contribution in [3.8, 4) is 11.5 Å². The molecule has 0 atom stereocenters. The zero-order valence-corrected chi connectivity index (χ0v) is 16.5. The Morgan fingerprint density at radius 3 is 2.64 bits per heavy atom. The molecule has 0 saturated carbocycles. The highest BCUT2D eigenvalue weighted by molar-refractivity contribution is 7.99. The molecule has 3 aromatic rings. The van der Waals surface area contributed by atoms with Crippen LogP contribution in [0.1, 0.15) is 18.4 Å². The van der Waals surface area contributed by atoms with Crippen LogP contribution in [-0.2, 0) is 11.4 Å². The predicted molar refractivity (Wildman–Crippen MR) is 107 cm³/mol. The molecule has 0 unspecified atom stereocenters. The van der Waals surface area contributed by atoms with E-state index in [1.54, 1.807) is 12.1 Å². The maximum Gasteiger partial charge on any atom is 0.277 e. The van der Waals surface area contributed by atoms with Gasteiger partial charge in [-0.3, -0.25) is 4.79 Å². The van der Waals surface area contributed by atoms with E-state index < -0.39 is 0 Å². The van der Waals surface area contributed by atoms with Crippen LogP contribution >= 0.6 is 11.8 Å². The first kappa shape index (κ1) is 19.8. The maximum atomic E-state index is 12.1. The van der Waals surface area contributed by atoms with Gasteiger partial charge in [0.2, 0.25) is 5.91 Å². The lowest BCUT2D eigenvalue weighted by Gasteiger charge is -2.06. The molecule has 0 spiro atoms. The Morgan fingerprint density at radius 2 is 1.89 bits per heavy atom. The van der Waals surface area contributed by atoms with Gasteiger partial charge in [0.25, 0.3) is 11.1 Å². The van der Waals surface area contributed by atoms with E-state index in [2.05, 4.69) is 15.5 Å². The minimum atomic E-state index is -0.162. The Labute approximate surface area is 167 Å². The summed E-state index contributed by atoms with van der Waals surface area (Å²) in [5, 5.41) is 11.0. The average molecular weight is 399 g/mol. The Bertz CT molecular complexity index is 912. The Kier molecular flexibility index (Phi) is 6.91. The molecule has 0 saturated heterocycles. The van der Waals surface area contributed by atoms with Crippen LogP contribution in [0.5, 0.6) is 11.5 Å². The van der Waals surface area contributed by atoms with E-state index in [9.17, 15) is 4.79 Å². The smallest absolute Gasteiger partial charge is 0.277 e. The maximum absolute atomic E-state index is 12.1. The minimum absolute atomic E-state index is 0.160. The van der Waals surface area contributed by atoms with Gasteiger partial charge in [-0.15, -0.1) is 10.2 Å². The summed E-state index contributed by atoms with van der Waals surface area (Å²) in [5.74, 6) is 1.89. The lowest BCUT2D eigenvalue weighted by Crippen LogP contribution is -2.13. The van der Waals surface area contributed by atoms with Crippen LogP contribution < -0.4 is 14.8 Å². The van der Waals surface area contributed by atoms with Crippen molar-refractivity contribution in [3.05, 3.63) is 60.0 Å². The van der Waals surface area contributed by atoms with Gasteiger partial charge < -0.3 is 19.2 Å². The number of hydrogen-bond acceptors (Lipinski definition) is 7. The summed E-state index contributed by atoms with van der Waals surface area (Å²) in [6.45, 7) is 4.67. The van der Waals surface area contributed by atoms with Gasteiger partial charge in [0.05, 0.1) is 12.4 Å². The zero-order chi connectivity index (χ0) is 19.8. The highest BCUT2D eigenvalue weighted by Crippen LogP contribution is 2.21. The van der Waals surface area contributed by atoms with Gasteiger partial charge in [0, 0.05) is 5.69 Å². The molecule has 0 aliphatic carbocycles. The number of nitrogens with zero attached hydrogens (tertiary/aromatic N) is 2. The minimum Gasteiger partial charge on any atom is -0.494 e. The van der Waals surface area contributed by atoms with Gasteiger partial charge in [-0.05, 0) is 49.7 Å². The summed E-state index contributed by atoms with van der Waals surface area (Å²) in [5.41, 5.74) is 1.73. The van der Waals surface area contributed by atoms with Crippen molar-refractivity contribution in [1.82, 2.24) is 10.2 Å². The first-order chi connectivity index (χ1) is 13.6. The fraction of sp³-hybridized carbons (Fsp3) is 0.250. The highest BCUT2D eigenvalue weighted by atomic mass is 32.2. The van der Waals surface area contributed by atoms with Gasteiger partial charge in [-0.25, -0.2) is 0 Å². The molecule has 1 amide bonds. The molecular formula is C20H21N3O4S. The lowest BCUT2D eigenvalue weighted by atomic mass is 10.2. The molecule has 28 heavy (non-hydrogen) atoms. The molecule has 8 heteroatoms. The molecular weight excluding hydrogens is 378 g/mol. The van der Waals surface area contributed by atoms with E-state index in [1.807, 2.05) is 50.2 Å². The summed E-state index contributed by atoms with van der Waals surface area (Å²) in [6.07, 6.45) is 0. The molecule has 1 heterocycles. The zero-order valence-electron chi connectivity index (χ0n) is 15.7. The number of anilines is 1.